The molecule has 0 saturated heterocycles. The normalized spacial score (nSPS) is 11.8. The standard InChI is InChI=1S/C27H32N2O3/c1-5-8-21-9-7-10-24(18-21)32-23-13-11-22(12-14-23)29-27(30)25-15-16-26(28-19(25)3)20(4)31-17-6-2/h7,9-16,18,20H,5-6,8,17H2,1-4H3,(H,29,30). The van der Waals surface area contributed by atoms with Crippen LogP contribution in [0.1, 0.15) is 67.0 Å². The number of benzene rings is 2. The maximum absolute atomic E-state index is 12.7. The molecule has 168 valence electrons. The molecular weight excluding hydrogens is 400 g/mol. The number of anilines is 1. The van der Waals surface area contributed by atoms with E-state index in [-0.39, 0.29) is 12.0 Å². The summed E-state index contributed by atoms with van der Waals surface area (Å²) in [7, 11) is 0. The van der Waals surface area contributed by atoms with Crippen molar-refractivity contribution in [2.75, 3.05) is 11.9 Å². The van der Waals surface area contributed by atoms with Crippen LogP contribution in [-0.2, 0) is 11.2 Å². The summed E-state index contributed by atoms with van der Waals surface area (Å²) in [5, 5.41) is 2.93. The van der Waals surface area contributed by atoms with Crippen LogP contribution in [0, 0.1) is 6.92 Å². The third-order valence-corrected chi connectivity index (χ3v) is 5.13. The SMILES string of the molecule is CCCOC(C)c1ccc(C(=O)Nc2ccc(Oc3cccc(CCC)c3)cc2)c(C)n1. The van der Waals surface area contributed by atoms with Gasteiger partial charge in [-0.15, -0.1) is 0 Å². The molecule has 5 heteroatoms. The first-order chi connectivity index (χ1) is 15.5. The number of rotatable bonds is 10. The predicted molar refractivity (Wildman–Crippen MR) is 129 cm³/mol. The first kappa shape index (κ1) is 23.5. The van der Waals surface area contributed by atoms with E-state index in [1.807, 2.05) is 56.3 Å². The Bertz CT molecular complexity index is 1030. The van der Waals surface area contributed by atoms with Gasteiger partial charge in [0.2, 0.25) is 0 Å². The molecule has 32 heavy (non-hydrogen) atoms. The van der Waals surface area contributed by atoms with Crippen molar-refractivity contribution in [1.82, 2.24) is 4.98 Å². The van der Waals surface area contributed by atoms with E-state index < -0.39 is 0 Å². The number of amides is 1. The highest BCUT2D eigenvalue weighted by Gasteiger charge is 2.14. The zero-order valence-electron chi connectivity index (χ0n) is 19.4. The van der Waals surface area contributed by atoms with Crippen molar-refractivity contribution < 1.29 is 14.3 Å². The number of hydrogen-bond acceptors (Lipinski definition) is 4. The molecule has 1 amide bonds. The van der Waals surface area contributed by atoms with Crippen LogP contribution in [0.5, 0.6) is 11.5 Å². The lowest BCUT2D eigenvalue weighted by atomic mass is 10.1. The Hall–Kier alpha value is -3.18. The average molecular weight is 433 g/mol. The smallest absolute Gasteiger partial charge is 0.257 e. The topological polar surface area (TPSA) is 60.5 Å². The van der Waals surface area contributed by atoms with Gasteiger partial charge >= 0.3 is 0 Å². The van der Waals surface area contributed by atoms with E-state index in [9.17, 15) is 4.79 Å². The number of aryl methyl sites for hydroxylation is 2. The van der Waals surface area contributed by atoms with Gasteiger partial charge in [-0.25, -0.2) is 0 Å². The fourth-order valence-corrected chi connectivity index (χ4v) is 3.42. The highest BCUT2D eigenvalue weighted by molar-refractivity contribution is 6.05. The number of aromatic nitrogens is 1. The van der Waals surface area contributed by atoms with Gasteiger partial charge in [0, 0.05) is 12.3 Å². The third-order valence-electron chi connectivity index (χ3n) is 5.13. The molecule has 0 spiro atoms. The summed E-state index contributed by atoms with van der Waals surface area (Å²) in [6, 6.07) is 19.2. The van der Waals surface area contributed by atoms with Crippen LogP contribution in [0.3, 0.4) is 0 Å². The molecule has 1 aromatic heterocycles. The van der Waals surface area contributed by atoms with Gasteiger partial charge in [0.05, 0.1) is 23.1 Å². The Balaban J connectivity index is 1.62. The van der Waals surface area contributed by atoms with Crippen molar-refractivity contribution in [2.24, 2.45) is 0 Å². The van der Waals surface area contributed by atoms with Crippen LogP contribution < -0.4 is 10.1 Å². The Kier molecular flexibility index (Phi) is 8.40. The average Bonchev–Trinajstić information content (AvgIpc) is 2.79. The second-order valence-corrected chi connectivity index (χ2v) is 7.86. The monoisotopic (exact) mass is 432 g/mol. The zero-order valence-corrected chi connectivity index (χ0v) is 19.4. The fraction of sp³-hybridized carbons (Fsp3) is 0.333. The van der Waals surface area contributed by atoms with Gasteiger partial charge in [-0.1, -0.05) is 32.4 Å². The highest BCUT2D eigenvalue weighted by Crippen LogP contribution is 2.25. The van der Waals surface area contributed by atoms with Crippen LogP contribution in [0.25, 0.3) is 0 Å². The van der Waals surface area contributed by atoms with Gasteiger partial charge < -0.3 is 14.8 Å². The molecule has 3 aromatic rings. The van der Waals surface area contributed by atoms with E-state index in [1.54, 1.807) is 6.07 Å². The molecule has 0 aliphatic rings. The highest BCUT2D eigenvalue weighted by atomic mass is 16.5. The first-order valence-electron chi connectivity index (χ1n) is 11.3. The molecule has 0 saturated carbocycles. The summed E-state index contributed by atoms with van der Waals surface area (Å²) in [5.74, 6) is 1.34. The van der Waals surface area contributed by atoms with E-state index in [2.05, 4.69) is 36.3 Å². The largest absolute Gasteiger partial charge is 0.457 e. The number of hydrogen-bond donors (Lipinski definition) is 1. The minimum Gasteiger partial charge on any atom is -0.457 e. The van der Waals surface area contributed by atoms with Crippen molar-refractivity contribution in [3.8, 4) is 11.5 Å². The lowest BCUT2D eigenvalue weighted by Gasteiger charge is -2.14. The molecule has 0 fully saturated rings. The van der Waals surface area contributed by atoms with Crippen LogP contribution in [0.2, 0.25) is 0 Å². The minimum absolute atomic E-state index is 0.0963. The number of nitrogens with zero attached hydrogens (tertiary/aromatic N) is 1. The molecule has 1 unspecified atom stereocenters. The summed E-state index contributed by atoms with van der Waals surface area (Å²) in [4.78, 5) is 17.3. The Morgan fingerprint density at radius 3 is 2.47 bits per heavy atom. The molecule has 0 aliphatic carbocycles. The molecule has 3 rings (SSSR count). The van der Waals surface area contributed by atoms with Crippen LogP contribution in [-0.4, -0.2) is 17.5 Å². The second kappa shape index (κ2) is 11.4. The fourth-order valence-electron chi connectivity index (χ4n) is 3.42. The van der Waals surface area contributed by atoms with Crippen molar-refractivity contribution in [3.63, 3.8) is 0 Å². The number of carbonyl (C=O) groups is 1. The summed E-state index contributed by atoms with van der Waals surface area (Å²) >= 11 is 0. The maximum Gasteiger partial charge on any atom is 0.257 e. The second-order valence-electron chi connectivity index (χ2n) is 7.86. The lowest BCUT2D eigenvalue weighted by molar-refractivity contribution is 0.0632. The van der Waals surface area contributed by atoms with Crippen molar-refractivity contribution in [3.05, 3.63) is 83.2 Å². The van der Waals surface area contributed by atoms with Crippen molar-refractivity contribution in [2.45, 2.75) is 53.1 Å². The molecule has 1 atom stereocenters. The molecule has 1 heterocycles. The van der Waals surface area contributed by atoms with Gasteiger partial charge in [0.15, 0.2) is 0 Å². The number of carbonyl (C=O) groups excluding carboxylic acids is 1. The minimum atomic E-state index is -0.190. The summed E-state index contributed by atoms with van der Waals surface area (Å²) in [6.45, 7) is 8.74. The summed E-state index contributed by atoms with van der Waals surface area (Å²) < 4.78 is 11.7. The van der Waals surface area contributed by atoms with E-state index in [0.29, 0.717) is 23.6 Å². The van der Waals surface area contributed by atoms with Gasteiger partial charge in [0.1, 0.15) is 11.5 Å². The summed E-state index contributed by atoms with van der Waals surface area (Å²) in [5.41, 5.74) is 4.01. The molecule has 0 bridgehead atoms. The van der Waals surface area contributed by atoms with Crippen LogP contribution >= 0.6 is 0 Å². The summed E-state index contributed by atoms with van der Waals surface area (Å²) in [6.07, 6.45) is 2.99. The lowest BCUT2D eigenvalue weighted by Crippen LogP contribution is -2.15. The molecule has 0 aliphatic heterocycles. The van der Waals surface area contributed by atoms with Crippen LogP contribution in [0.15, 0.2) is 60.7 Å². The Morgan fingerprint density at radius 2 is 1.78 bits per heavy atom. The number of pyridine rings is 1. The Labute approximate surface area is 190 Å². The van der Waals surface area contributed by atoms with E-state index >= 15 is 0 Å². The number of ether oxygens (including phenoxy) is 2. The Morgan fingerprint density at radius 1 is 1.00 bits per heavy atom. The maximum atomic E-state index is 12.7. The zero-order chi connectivity index (χ0) is 22.9. The first-order valence-corrected chi connectivity index (χ1v) is 11.3. The predicted octanol–water partition coefficient (Wildman–Crippen LogP) is 6.87. The molecule has 2 aromatic carbocycles. The molecular formula is C27H32N2O3. The van der Waals surface area contributed by atoms with Gasteiger partial charge in [-0.3, -0.25) is 9.78 Å². The van der Waals surface area contributed by atoms with E-state index in [4.69, 9.17) is 9.47 Å². The van der Waals surface area contributed by atoms with E-state index in [1.165, 1.54) is 5.56 Å². The molecule has 1 N–H and O–H groups in total. The molecule has 5 nitrogen and oxygen atoms in total. The quantitative estimate of drug-likeness (QED) is 0.379. The van der Waals surface area contributed by atoms with Crippen LogP contribution in [0.4, 0.5) is 5.69 Å². The number of nitrogens with one attached hydrogen (secondary N) is 1. The van der Waals surface area contributed by atoms with Gasteiger partial charge in [0.25, 0.3) is 5.91 Å². The van der Waals surface area contributed by atoms with Crippen molar-refractivity contribution in [1.29, 1.82) is 0 Å². The van der Waals surface area contributed by atoms with Crippen molar-refractivity contribution >= 4 is 11.6 Å². The third kappa shape index (κ3) is 6.41. The van der Waals surface area contributed by atoms with E-state index in [0.717, 1.165) is 36.5 Å². The van der Waals surface area contributed by atoms with Gasteiger partial charge in [-0.05, 0) is 80.8 Å². The molecule has 0 radical (unpaired) electrons. The van der Waals surface area contributed by atoms with Gasteiger partial charge in [-0.2, -0.15) is 0 Å².